The number of hydrogen-bond donors (Lipinski definition) is 0. The first kappa shape index (κ1) is 28.0. The van der Waals surface area contributed by atoms with Gasteiger partial charge in [0.25, 0.3) is 0 Å². The zero-order chi connectivity index (χ0) is 27.6. The molecule has 0 aromatic heterocycles. The van der Waals surface area contributed by atoms with Crippen LogP contribution in [0.15, 0.2) is 97.1 Å². The second-order valence-corrected chi connectivity index (χ2v) is 12.1. The highest BCUT2D eigenvalue weighted by atomic mass is 35.5. The Morgan fingerprint density at radius 3 is 0.850 bits per heavy atom. The molecule has 6 rings (SSSR count). The molecule has 8 heteroatoms. The third-order valence-electron chi connectivity index (χ3n) is 7.81. The molecule has 0 unspecified atom stereocenters. The molecule has 40 heavy (non-hydrogen) atoms. The smallest absolute Gasteiger partial charge is 0.0948 e. The van der Waals surface area contributed by atoms with Crippen molar-refractivity contribution in [2.75, 3.05) is 13.3 Å². The average molecular weight is 612 g/mol. The van der Waals surface area contributed by atoms with Gasteiger partial charge in [-0.2, -0.15) is 0 Å². The summed E-state index contributed by atoms with van der Waals surface area (Å²) in [6, 6.07) is 32.4. The highest BCUT2D eigenvalue weighted by Crippen LogP contribution is 2.38. The first-order valence-electron chi connectivity index (χ1n) is 13.4. The lowest BCUT2D eigenvalue weighted by Gasteiger charge is -2.30. The molecule has 2 aliphatic rings. The molecular weight excluding hydrogens is 582 g/mol. The number of halogens is 4. The van der Waals surface area contributed by atoms with E-state index in [0.29, 0.717) is 0 Å². The van der Waals surface area contributed by atoms with Crippen molar-refractivity contribution in [2.45, 2.75) is 38.5 Å². The number of rotatable bonds is 8. The second-order valence-electron chi connectivity index (χ2n) is 10.5. The minimum Gasteiger partial charge on any atom is -0.268 e. The summed E-state index contributed by atoms with van der Waals surface area (Å²) in [5.41, 5.74) is 4.46. The lowest BCUT2D eigenvalue weighted by atomic mass is 10.1. The van der Waals surface area contributed by atoms with Gasteiger partial charge in [0.05, 0.1) is 25.7 Å². The molecule has 4 aromatic rings. The first-order chi connectivity index (χ1) is 19.5. The van der Waals surface area contributed by atoms with Crippen LogP contribution in [0.5, 0.6) is 0 Å². The molecule has 0 N–H and O–H groups in total. The summed E-state index contributed by atoms with van der Waals surface area (Å²) in [5, 5.41) is 3.14. The monoisotopic (exact) mass is 610 g/mol. The molecule has 4 aromatic carbocycles. The van der Waals surface area contributed by atoms with Crippen molar-refractivity contribution in [1.82, 2.24) is 19.6 Å². The Bertz CT molecular complexity index is 1260. The summed E-state index contributed by atoms with van der Waals surface area (Å²) in [6.45, 7) is 4.48. The predicted octanol–water partition coefficient (Wildman–Crippen LogP) is 8.20. The Kier molecular flexibility index (Phi) is 8.69. The van der Waals surface area contributed by atoms with E-state index in [0.717, 1.165) is 81.9 Å². The number of hydrogen-bond acceptors (Lipinski definition) is 4. The van der Waals surface area contributed by atoms with Crippen LogP contribution in [-0.2, 0) is 26.2 Å². The minimum absolute atomic E-state index is 0.109. The summed E-state index contributed by atoms with van der Waals surface area (Å²) in [5.74, 6) is 0. The molecule has 2 heterocycles. The van der Waals surface area contributed by atoms with Gasteiger partial charge in [-0.1, -0.05) is 119 Å². The fourth-order valence-corrected chi connectivity index (χ4v) is 6.76. The standard InChI is InChI=1S/C32H30Cl4N4/c33-27-13-5-1-9-23(27)17-37-21-38(18-24-10-2-6-14-28(24)34)32-31(37)39(19-25-11-3-7-15-29(25)35)22-40(32)20-26-12-4-8-16-30(26)36/h1-16,31-32H,17-22H2. The molecular formula is C32H30Cl4N4. The van der Waals surface area contributed by atoms with Crippen LogP contribution >= 0.6 is 46.4 Å². The van der Waals surface area contributed by atoms with E-state index >= 15 is 0 Å². The van der Waals surface area contributed by atoms with Gasteiger partial charge in [0.1, 0.15) is 0 Å². The summed E-state index contributed by atoms with van der Waals surface area (Å²) in [4.78, 5) is 10.1. The van der Waals surface area contributed by atoms with E-state index in [2.05, 4.69) is 68.1 Å². The Labute approximate surface area is 256 Å². The van der Waals surface area contributed by atoms with Gasteiger partial charge in [-0.05, 0) is 46.5 Å². The van der Waals surface area contributed by atoms with Gasteiger partial charge in [0.15, 0.2) is 0 Å². The Morgan fingerprint density at radius 1 is 0.400 bits per heavy atom. The van der Waals surface area contributed by atoms with Crippen LogP contribution in [0.1, 0.15) is 22.3 Å². The SMILES string of the molecule is Clc1ccccc1CN1CN(Cc2ccccc2Cl)C2C1N(Cc1ccccc1Cl)CN2Cc1ccccc1Cl. The maximum atomic E-state index is 6.66. The van der Waals surface area contributed by atoms with E-state index in [1.165, 1.54) is 0 Å². The summed E-state index contributed by atoms with van der Waals surface area (Å²) < 4.78 is 0. The maximum absolute atomic E-state index is 6.66. The van der Waals surface area contributed by atoms with Gasteiger partial charge in [0, 0.05) is 46.3 Å². The lowest BCUT2D eigenvalue weighted by molar-refractivity contribution is 0.0698. The van der Waals surface area contributed by atoms with Crippen molar-refractivity contribution in [3.63, 3.8) is 0 Å². The van der Waals surface area contributed by atoms with Gasteiger partial charge < -0.3 is 0 Å². The second kappa shape index (κ2) is 12.4. The highest BCUT2D eigenvalue weighted by Gasteiger charge is 2.51. The van der Waals surface area contributed by atoms with Gasteiger partial charge in [-0.25, -0.2) is 0 Å². The Morgan fingerprint density at radius 2 is 0.625 bits per heavy atom. The number of benzene rings is 4. The largest absolute Gasteiger partial charge is 0.268 e. The molecule has 0 aliphatic carbocycles. The van der Waals surface area contributed by atoms with Crippen molar-refractivity contribution in [3.8, 4) is 0 Å². The minimum atomic E-state index is 0.109. The van der Waals surface area contributed by atoms with E-state index in [4.69, 9.17) is 46.4 Å². The molecule has 206 valence electrons. The summed E-state index contributed by atoms with van der Waals surface area (Å²) in [7, 11) is 0. The zero-order valence-corrected chi connectivity index (χ0v) is 25.0. The number of fused-ring (bicyclic) bond motifs is 1. The van der Waals surface area contributed by atoms with Gasteiger partial charge in [-0.3, -0.25) is 19.6 Å². The van der Waals surface area contributed by atoms with E-state index in [-0.39, 0.29) is 12.3 Å². The van der Waals surface area contributed by atoms with Crippen molar-refractivity contribution in [3.05, 3.63) is 139 Å². The molecule has 0 spiro atoms. The number of nitrogens with zero attached hydrogens (tertiary/aromatic N) is 4. The normalized spacial score (nSPS) is 20.3. The van der Waals surface area contributed by atoms with E-state index in [1.54, 1.807) is 0 Å². The first-order valence-corrected chi connectivity index (χ1v) is 14.9. The molecule has 4 nitrogen and oxygen atoms in total. The van der Waals surface area contributed by atoms with Crippen LogP contribution in [0.2, 0.25) is 20.1 Å². The molecule has 0 saturated carbocycles. The van der Waals surface area contributed by atoms with Crippen LogP contribution in [0.4, 0.5) is 0 Å². The quantitative estimate of drug-likeness (QED) is 0.199. The van der Waals surface area contributed by atoms with Gasteiger partial charge >= 0.3 is 0 Å². The lowest BCUT2D eigenvalue weighted by Crippen LogP contribution is -2.45. The molecule has 0 atom stereocenters. The third-order valence-corrected chi connectivity index (χ3v) is 9.29. The van der Waals surface area contributed by atoms with E-state index < -0.39 is 0 Å². The van der Waals surface area contributed by atoms with Crippen LogP contribution in [0.25, 0.3) is 0 Å². The van der Waals surface area contributed by atoms with Crippen LogP contribution in [0.3, 0.4) is 0 Å². The molecule has 2 fully saturated rings. The topological polar surface area (TPSA) is 13.0 Å². The fourth-order valence-electron chi connectivity index (χ4n) is 5.97. The molecule has 0 radical (unpaired) electrons. The van der Waals surface area contributed by atoms with E-state index in [1.807, 2.05) is 48.5 Å². The van der Waals surface area contributed by atoms with E-state index in [9.17, 15) is 0 Å². The van der Waals surface area contributed by atoms with Crippen molar-refractivity contribution < 1.29 is 0 Å². The summed E-state index contributed by atoms with van der Waals surface area (Å²) >= 11 is 26.6. The van der Waals surface area contributed by atoms with Crippen LogP contribution in [-0.4, -0.2) is 45.3 Å². The fraction of sp³-hybridized carbons (Fsp3) is 0.250. The average Bonchev–Trinajstić information content (AvgIpc) is 3.48. The van der Waals surface area contributed by atoms with Gasteiger partial charge in [-0.15, -0.1) is 0 Å². The highest BCUT2D eigenvalue weighted by molar-refractivity contribution is 6.32. The van der Waals surface area contributed by atoms with Crippen LogP contribution in [0, 0.1) is 0 Å². The molecule has 0 bridgehead atoms. The summed E-state index contributed by atoms with van der Waals surface area (Å²) in [6.07, 6.45) is 0.218. The zero-order valence-electron chi connectivity index (χ0n) is 21.9. The van der Waals surface area contributed by atoms with Gasteiger partial charge in [0.2, 0.25) is 0 Å². The van der Waals surface area contributed by atoms with Crippen molar-refractivity contribution >= 4 is 46.4 Å². The van der Waals surface area contributed by atoms with Crippen molar-refractivity contribution in [2.24, 2.45) is 0 Å². The van der Waals surface area contributed by atoms with Crippen LogP contribution < -0.4 is 0 Å². The molecule has 2 aliphatic heterocycles. The maximum Gasteiger partial charge on any atom is 0.0948 e. The Hall–Kier alpha value is -2.12. The molecule has 2 saturated heterocycles. The van der Waals surface area contributed by atoms with Crippen molar-refractivity contribution in [1.29, 1.82) is 0 Å². The third kappa shape index (κ3) is 5.92. The predicted molar refractivity (Wildman–Crippen MR) is 165 cm³/mol. The Balaban J connectivity index is 1.38. The molecule has 0 amide bonds.